The van der Waals surface area contributed by atoms with E-state index in [0.717, 1.165) is 5.39 Å². The first-order valence-electron chi connectivity index (χ1n) is 9.08. The van der Waals surface area contributed by atoms with Crippen LogP contribution in [0.15, 0.2) is 96.3 Å². The molecule has 29 heavy (non-hydrogen) atoms. The Bertz CT molecular complexity index is 1440. The molecule has 1 N–H and O–H groups in total. The molecule has 0 aliphatic rings. The maximum absolute atomic E-state index is 13.5. The first-order valence-corrected chi connectivity index (χ1v) is 10.5. The summed E-state index contributed by atoms with van der Waals surface area (Å²) in [6.45, 7) is 0. The Balaban J connectivity index is 1.79. The molecule has 3 heterocycles. The maximum atomic E-state index is 13.5. The molecule has 7 heteroatoms. The molecule has 0 aliphatic carbocycles. The number of benzene rings is 2. The van der Waals surface area contributed by atoms with Gasteiger partial charge in [-0.3, -0.25) is 0 Å². The molecule has 3 aromatic heterocycles. The lowest BCUT2D eigenvalue weighted by Crippen LogP contribution is -2.18. The van der Waals surface area contributed by atoms with Gasteiger partial charge in [0, 0.05) is 29.5 Å². The van der Waals surface area contributed by atoms with Crippen LogP contribution >= 0.6 is 0 Å². The van der Waals surface area contributed by atoms with Crippen LogP contribution in [0.4, 0.5) is 0 Å². The van der Waals surface area contributed by atoms with Crippen molar-refractivity contribution in [3.05, 3.63) is 103 Å². The molecule has 0 saturated heterocycles. The largest absolute Gasteiger partial charge is 0.382 e. The average Bonchev–Trinajstić information content (AvgIpc) is 3.38. The first-order chi connectivity index (χ1) is 14.1. The smallest absolute Gasteiger partial charge is 0.268 e. The number of hydrogen-bond donors (Lipinski definition) is 1. The van der Waals surface area contributed by atoms with E-state index >= 15 is 0 Å². The fourth-order valence-electron chi connectivity index (χ4n) is 3.65. The van der Waals surface area contributed by atoms with Crippen LogP contribution in [0.5, 0.6) is 0 Å². The van der Waals surface area contributed by atoms with Crippen LogP contribution in [0.3, 0.4) is 0 Å². The van der Waals surface area contributed by atoms with Gasteiger partial charge in [-0.1, -0.05) is 42.5 Å². The Morgan fingerprint density at radius 2 is 1.66 bits per heavy atom. The van der Waals surface area contributed by atoms with Gasteiger partial charge in [-0.05, 0) is 30.3 Å². The van der Waals surface area contributed by atoms with Crippen molar-refractivity contribution in [3.8, 4) is 0 Å². The van der Waals surface area contributed by atoms with Crippen molar-refractivity contribution in [2.24, 2.45) is 0 Å². The van der Waals surface area contributed by atoms with Crippen LogP contribution in [0.25, 0.3) is 16.6 Å². The standard InChI is InChI=1S/C22H17N3O3S/c26-21(18-10-6-13-24-14-12-23-22(18)24)20-15-16-7-4-5-11-19(16)25(20)29(27,28)17-8-2-1-3-9-17/h1-15,21,26H. The van der Waals surface area contributed by atoms with Crippen molar-refractivity contribution in [1.82, 2.24) is 13.4 Å². The Labute approximate surface area is 167 Å². The number of rotatable bonds is 4. The highest BCUT2D eigenvalue weighted by Crippen LogP contribution is 2.33. The van der Waals surface area contributed by atoms with Crippen LogP contribution in [0.1, 0.15) is 17.4 Å². The minimum Gasteiger partial charge on any atom is -0.382 e. The molecule has 5 aromatic rings. The summed E-state index contributed by atoms with van der Waals surface area (Å²) < 4.78 is 30.0. The lowest BCUT2D eigenvalue weighted by atomic mass is 10.1. The van der Waals surface area contributed by atoms with Gasteiger partial charge in [-0.25, -0.2) is 17.4 Å². The summed E-state index contributed by atoms with van der Waals surface area (Å²) in [6.07, 6.45) is 4.07. The predicted molar refractivity (Wildman–Crippen MR) is 110 cm³/mol. The van der Waals surface area contributed by atoms with Crippen molar-refractivity contribution in [3.63, 3.8) is 0 Å². The topological polar surface area (TPSA) is 76.6 Å². The maximum Gasteiger partial charge on any atom is 0.268 e. The summed E-state index contributed by atoms with van der Waals surface area (Å²) in [7, 11) is -3.92. The quantitative estimate of drug-likeness (QED) is 0.497. The van der Waals surface area contributed by atoms with E-state index in [4.69, 9.17) is 0 Å². The minimum atomic E-state index is -3.92. The van der Waals surface area contributed by atoms with E-state index in [1.54, 1.807) is 77.5 Å². The van der Waals surface area contributed by atoms with E-state index in [1.165, 1.54) is 3.97 Å². The second kappa shape index (κ2) is 6.58. The van der Waals surface area contributed by atoms with E-state index in [2.05, 4.69) is 4.98 Å². The van der Waals surface area contributed by atoms with Gasteiger partial charge in [0.2, 0.25) is 0 Å². The Morgan fingerprint density at radius 3 is 2.48 bits per heavy atom. The number of fused-ring (bicyclic) bond motifs is 2. The molecule has 0 aliphatic heterocycles. The molecule has 1 atom stereocenters. The van der Waals surface area contributed by atoms with Gasteiger partial charge >= 0.3 is 0 Å². The third-order valence-electron chi connectivity index (χ3n) is 5.00. The minimum absolute atomic E-state index is 0.161. The molecule has 1 unspecified atom stereocenters. The van der Waals surface area contributed by atoms with Crippen molar-refractivity contribution in [2.45, 2.75) is 11.0 Å². The number of pyridine rings is 1. The van der Waals surface area contributed by atoms with Gasteiger partial charge in [-0.2, -0.15) is 0 Å². The van der Waals surface area contributed by atoms with Gasteiger partial charge < -0.3 is 9.51 Å². The zero-order chi connectivity index (χ0) is 20.0. The number of aliphatic hydroxyl groups excluding tert-OH is 1. The van der Waals surface area contributed by atoms with Crippen LogP contribution < -0.4 is 0 Å². The van der Waals surface area contributed by atoms with Crippen LogP contribution in [0.2, 0.25) is 0 Å². The summed E-state index contributed by atoms with van der Waals surface area (Å²) in [5.41, 5.74) is 1.89. The SMILES string of the molecule is O=S(=O)(c1ccccc1)n1c(C(O)c2cccn3ccnc23)cc2ccccc21. The van der Waals surface area contributed by atoms with E-state index in [-0.39, 0.29) is 10.6 Å². The van der Waals surface area contributed by atoms with E-state index in [1.807, 2.05) is 18.3 Å². The number of aromatic nitrogens is 3. The first kappa shape index (κ1) is 17.7. The number of para-hydroxylation sites is 1. The highest BCUT2D eigenvalue weighted by molar-refractivity contribution is 7.90. The summed E-state index contributed by atoms with van der Waals surface area (Å²) in [6, 6.07) is 20.7. The number of imidazole rings is 1. The molecule has 0 bridgehead atoms. The Morgan fingerprint density at radius 1 is 0.897 bits per heavy atom. The Hall–Kier alpha value is -3.42. The highest BCUT2D eigenvalue weighted by Gasteiger charge is 2.28. The number of nitrogens with zero attached hydrogens (tertiary/aromatic N) is 3. The molecule has 5 rings (SSSR count). The third kappa shape index (κ3) is 2.74. The van der Waals surface area contributed by atoms with Crippen molar-refractivity contribution >= 4 is 26.6 Å². The van der Waals surface area contributed by atoms with Crippen molar-refractivity contribution < 1.29 is 13.5 Å². The van der Waals surface area contributed by atoms with Gasteiger partial charge in [-0.15, -0.1) is 0 Å². The van der Waals surface area contributed by atoms with Gasteiger partial charge in [0.1, 0.15) is 11.8 Å². The summed E-state index contributed by atoms with van der Waals surface area (Å²) in [5.74, 6) is 0. The second-order valence-corrected chi connectivity index (χ2v) is 8.52. The van der Waals surface area contributed by atoms with E-state index in [9.17, 15) is 13.5 Å². The monoisotopic (exact) mass is 403 g/mol. The summed E-state index contributed by atoms with van der Waals surface area (Å²) in [4.78, 5) is 4.47. The molecule has 0 radical (unpaired) electrons. The molecule has 2 aromatic carbocycles. The second-order valence-electron chi connectivity index (χ2n) is 6.73. The fourth-order valence-corrected chi connectivity index (χ4v) is 5.22. The normalized spacial score (nSPS) is 13.1. The molecule has 0 fully saturated rings. The van der Waals surface area contributed by atoms with E-state index < -0.39 is 16.1 Å². The molecule has 6 nitrogen and oxygen atoms in total. The molecule has 0 amide bonds. The van der Waals surface area contributed by atoms with Gasteiger partial charge in [0.25, 0.3) is 10.0 Å². The zero-order valence-electron chi connectivity index (χ0n) is 15.3. The van der Waals surface area contributed by atoms with Crippen LogP contribution in [-0.4, -0.2) is 26.9 Å². The summed E-state index contributed by atoms with van der Waals surface area (Å²) >= 11 is 0. The fraction of sp³-hybridized carbons (Fsp3) is 0.0455. The van der Waals surface area contributed by atoms with Crippen LogP contribution in [-0.2, 0) is 10.0 Å². The zero-order valence-corrected chi connectivity index (χ0v) is 16.1. The van der Waals surface area contributed by atoms with Crippen molar-refractivity contribution in [1.29, 1.82) is 0 Å². The predicted octanol–water partition coefficient (Wildman–Crippen LogP) is 3.61. The molecular formula is C22H17N3O3S. The molecule has 144 valence electrons. The number of hydrogen-bond acceptors (Lipinski definition) is 4. The van der Waals surface area contributed by atoms with E-state index in [0.29, 0.717) is 16.7 Å². The lowest BCUT2D eigenvalue weighted by molar-refractivity contribution is 0.215. The molecule has 0 spiro atoms. The van der Waals surface area contributed by atoms with Crippen molar-refractivity contribution in [2.75, 3.05) is 0 Å². The Kier molecular flexibility index (Phi) is 4.01. The lowest BCUT2D eigenvalue weighted by Gasteiger charge is -2.17. The average molecular weight is 403 g/mol. The third-order valence-corrected chi connectivity index (χ3v) is 6.76. The van der Waals surface area contributed by atoms with Gasteiger partial charge in [0.15, 0.2) is 0 Å². The highest BCUT2D eigenvalue weighted by atomic mass is 32.2. The molecular weight excluding hydrogens is 386 g/mol. The molecule has 0 saturated carbocycles. The van der Waals surface area contributed by atoms with Crippen LogP contribution in [0, 0.1) is 0 Å². The summed E-state index contributed by atoms with van der Waals surface area (Å²) in [5, 5.41) is 12.0. The number of aliphatic hydroxyl groups is 1. The van der Waals surface area contributed by atoms with Gasteiger partial charge in [0.05, 0.1) is 16.1 Å².